The molecule has 2 amide bonds. The van der Waals surface area contributed by atoms with E-state index in [0.717, 1.165) is 11.3 Å². The summed E-state index contributed by atoms with van der Waals surface area (Å²) in [5.74, 6) is 0.579. The third-order valence-corrected chi connectivity index (χ3v) is 4.28. The molecule has 20 heavy (non-hydrogen) atoms. The average molecular weight is 291 g/mol. The van der Waals surface area contributed by atoms with Crippen LogP contribution < -0.4 is 0 Å². The van der Waals surface area contributed by atoms with E-state index in [1.54, 1.807) is 11.8 Å². The Hall–Kier alpha value is -1.75. The molecular formula is C15H17NO3S. The van der Waals surface area contributed by atoms with Gasteiger partial charge in [0.05, 0.1) is 6.54 Å². The van der Waals surface area contributed by atoms with Crippen LogP contribution >= 0.6 is 11.8 Å². The summed E-state index contributed by atoms with van der Waals surface area (Å²) < 4.78 is 4.80. The molecule has 0 aliphatic carbocycles. The monoisotopic (exact) mass is 291 g/mol. The second-order valence-corrected chi connectivity index (χ2v) is 5.62. The van der Waals surface area contributed by atoms with Gasteiger partial charge in [-0.25, -0.2) is 9.69 Å². The van der Waals surface area contributed by atoms with Crippen molar-refractivity contribution < 1.29 is 14.3 Å². The fourth-order valence-corrected chi connectivity index (χ4v) is 2.99. The maximum absolute atomic E-state index is 12.2. The normalized spacial score (nSPS) is 15.8. The van der Waals surface area contributed by atoms with Crippen molar-refractivity contribution in [2.45, 2.75) is 11.7 Å². The molecule has 0 spiro atoms. The molecule has 0 bridgehead atoms. The zero-order chi connectivity index (χ0) is 14.4. The van der Waals surface area contributed by atoms with E-state index in [9.17, 15) is 9.59 Å². The molecule has 1 aliphatic rings. The summed E-state index contributed by atoms with van der Waals surface area (Å²) in [6.45, 7) is 4.35. The Balaban J connectivity index is 2.05. The molecule has 1 atom stereocenters. The van der Waals surface area contributed by atoms with Gasteiger partial charge >= 0.3 is 6.09 Å². The molecule has 0 saturated carbocycles. The summed E-state index contributed by atoms with van der Waals surface area (Å²) in [4.78, 5) is 24.8. The summed E-state index contributed by atoms with van der Waals surface area (Å²) in [5, 5.41) is 0.0232. The van der Waals surface area contributed by atoms with E-state index in [1.165, 1.54) is 4.90 Å². The van der Waals surface area contributed by atoms with Gasteiger partial charge in [0, 0.05) is 17.4 Å². The van der Waals surface area contributed by atoms with Crippen molar-refractivity contribution in [3.05, 3.63) is 48.6 Å². The van der Waals surface area contributed by atoms with E-state index in [1.807, 2.05) is 36.4 Å². The Kier molecular flexibility index (Phi) is 5.24. The largest absolute Gasteiger partial charge is 0.447 e. The molecule has 2 rings (SSSR count). The number of nitrogens with zero attached hydrogens (tertiary/aromatic N) is 1. The molecule has 4 nitrogen and oxygen atoms in total. The number of imide groups is 1. The Morgan fingerprint density at radius 2 is 2.20 bits per heavy atom. The summed E-state index contributed by atoms with van der Waals surface area (Å²) in [7, 11) is 0. The van der Waals surface area contributed by atoms with Gasteiger partial charge in [-0.3, -0.25) is 4.79 Å². The molecule has 5 heteroatoms. The maximum atomic E-state index is 12.2. The number of rotatable bonds is 6. The highest BCUT2D eigenvalue weighted by molar-refractivity contribution is 7.99. The van der Waals surface area contributed by atoms with Crippen LogP contribution in [0.4, 0.5) is 4.79 Å². The molecule has 0 radical (unpaired) electrons. The van der Waals surface area contributed by atoms with Crippen LogP contribution in [-0.4, -0.2) is 35.8 Å². The van der Waals surface area contributed by atoms with Gasteiger partial charge in [-0.15, -0.1) is 18.3 Å². The van der Waals surface area contributed by atoms with E-state index in [4.69, 9.17) is 4.74 Å². The molecule has 0 N–H and O–H groups in total. The van der Waals surface area contributed by atoms with Crippen LogP contribution in [-0.2, 0) is 9.53 Å². The predicted molar refractivity (Wildman–Crippen MR) is 79.5 cm³/mol. The highest BCUT2D eigenvalue weighted by Gasteiger charge is 2.30. The molecular weight excluding hydrogens is 274 g/mol. The van der Waals surface area contributed by atoms with Crippen LogP contribution in [0.2, 0.25) is 0 Å². The number of hydrogen-bond acceptors (Lipinski definition) is 4. The van der Waals surface area contributed by atoms with Crippen molar-refractivity contribution in [3.63, 3.8) is 0 Å². The van der Waals surface area contributed by atoms with Gasteiger partial charge in [-0.1, -0.05) is 36.4 Å². The third kappa shape index (κ3) is 3.63. The minimum absolute atomic E-state index is 0.0232. The summed E-state index contributed by atoms with van der Waals surface area (Å²) >= 11 is 1.65. The Morgan fingerprint density at radius 1 is 1.45 bits per heavy atom. The van der Waals surface area contributed by atoms with Crippen molar-refractivity contribution in [1.82, 2.24) is 4.90 Å². The number of cyclic esters (lactones) is 1. The number of hydrogen-bond donors (Lipinski definition) is 0. The van der Waals surface area contributed by atoms with Crippen molar-refractivity contribution in [2.75, 3.05) is 18.9 Å². The van der Waals surface area contributed by atoms with Crippen LogP contribution in [0, 0.1) is 0 Å². The van der Waals surface area contributed by atoms with Gasteiger partial charge < -0.3 is 4.74 Å². The standard InChI is InChI=1S/C15H17NO3S/c1-2-10-20-13(12-6-4-3-5-7-12)11-14(17)16-8-9-19-15(16)18/h2-7,13H,1,8-11H2. The number of benzene rings is 1. The minimum Gasteiger partial charge on any atom is -0.447 e. The number of ether oxygens (including phenoxy) is 1. The zero-order valence-corrected chi connectivity index (χ0v) is 12.0. The molecule has 1 heterocycles. The maximum Gasteiger partial charge on any atom is 0.416 e. The fraction of sp³-hybridized carbons (Fsp3) is 0.333. The second-order valence-electron chi connectivity index (χ2n) is 4.39. The number of carbonyl (C=O) groups excluding carboxylic acids is 2. The van der Waals surface area contributed by atoms with Gasteiger partial charge in [0.25, 0.3) is 0 Å². The molecule has 106 valence electrons. The van der Waals surface area contributed by atoms with E-state index in [0.29, 0.717) is 13.2 Å². The van der Waals surface area contributed by atoms with E-state index < -0.39 is 6.09 Å². The van der Waals surface area contributed by atoms with Gasteiger partial charge in [0.2, 0.25) is 5.91 Å². The molecule has 1 aliphatic heterocycles. The van der Waals surface area contributed by atoms with Gasteiger partial charge in [0.15, 0.2) is 0 Å². The average Bonchev–Trinajstić information content (AvgIpc) is 2.90. The first kappa shape index (κ1) is 14.7. The van der Waals surface area contributed by atoms with E-state index >= 15 is 0 Å². The van der Waals surface area contributed by atoms with E-state index in [2.05, 4.69) is 6.58 Å². The Labute approximate surface area is 122 Å². The second kappa shape index (κ2) is 7.14. The number of amides is 2. The van der Waals surface area contributed by atoms with Crippen molar-refractivity contribution in [2.24, 2.45) is 0 Å². The SMILES string of the molecule is C=CCSC(CC(=O)N1CCOC1=O)c1ccccc1. The minimum atomic E-state index is -0.532. The Morgan fingerprint density at radius 3 is 2.80 bits per heavy atom. The Bertz CT molecular complexity index is 489. The smallest absolute Gasteiger partial charge is 0.416 e. The number of thioether (sulfide) groups is 1. The van der Waals surface area contributed by atoms with Crippen LogP contribution in [0.25, 0.3) is 0 Å². The van der Waals surface area contributed by atoms with E-state index in [-0.39, 0.29) is 17.6 Å². The molecule has 1 fully saturated rings. The zero-order valence-electron chi connectivity index (χ0n) is 11.2. The molecule has 1 aromatic rings. The highest BCUT2D eigenvalue weighted by atomic mass is 32.2. The topological polar surface area (TPSA) is 46.6 Å². The first-order valence-electron chi connectivity index (χ1n) is 6.47. The summed E-state index contributed by atoms with van der Waals surface area (Å²) in [6, 6.07) is 9.84. The lowest BCUT2D eigenvalue weighted by atomic mass is 10.1. The molecule has 1 unspecified atom stereocenters. The molecule has 1 aromatic carbocycles. The summed E-state index contributed by atoms with van der Waals surface area (Å²) in [5.41, 5.74) is 1.08. The first-order chi connectivity index (χ1) is 9.72. The quantitative estimate of drug-likeness (QED) is 0.756. The van der Waals surface area contributed by atoms with Gasteiger partial charge in [0.1, 0.15) is 6.61 Å². The number of carbonyl (C=O) groups is 2. The van der Waals surface area contributed by atoms with Crippen molar-refractivity contribution >= 4 is 23.8 Å². The van der Waals surface area contributed by atoms with Crippen LogP contribution in [0.5, 0.6) is 0 Å². The molecule has 0 aromatic heterocycles. The highest BCUT2D eigenvalue weighted by Crippen LogP contribution is 2.32. The summed E-state index contributed by atoms with van der Waals surface area (Å²) in [6.07, 6.45) is 1.57. The molecule has 1 saturated heterocycles. The lowest BCUT2D eigenvalue weighted by Crippen LogP contribution is -2.32. The third-order valence-electron chi connectivity index (χ3n) is 3.01. The van der Waals surface area contributed by atoms with Gasteiger partial charge in [-0.05, 0) is 5.56 Å². The lowest BCUT2D eigenvalue weighted by Gasteiger charge is -2.18. The van der Waals surface area contributed by atoms with Crippen LogP contribution in [0.15, 0.2) is 43.0 Å². The predicted octanol–water partition coefficient (Wildman–Crippen LogP) is 3.02. The van der Waals surface area contributed by atoms with Crippen molar-refractivity contribution in [1.29, 1.82) is 0 Å². The van der Waals surface area contributed by atoms with Gasteiger partial charge in [-0.2, -0.15) is 0 Å². The first-order valence-corrected chi connectivity index (χ1v) is 7.52. The fourth-order valence-electron chi connectivity index (χ4n) is 2.01. The van der Waals surface area contributed by atoms with Crippen LogP contribution in [0.3, 0.4) is 0 Å². The van der Waals surface area contributed by atoms with Crippen molar-refractivity contribution in [3.8, 4) is 0 Å². The lowest BCUT2D eigenvalue weighted by molar-refractivity contribution is -0.127. The van der Waals surface area contributed by atoms with Crippen LogP contribution in [0.1, 0.15) is 17.2 Å².